The number of aryl methyl sites for hydroxylation is 1. The molecule has 2 atom stereocenters. The molecular weight excluding hydrogens is 276 g/mol. The van der Waals surface area contributed by atoms with Crippen molar-refractivity contribution in [3.8, 4) is 0 Å². The van der Waals surface area contributed by atoms with E-state index in [9.17, 15) is 9.59 Å². The quantitative estimate of drug-likeness (QED) is 0.929. The van der Waals surface area contributed by atoms with Crippen LogP contribution in [0, 0.1) is 18.8 Å². The lowest BCUT2D eigenvalue weighted by atomic mass is 9.92. The number of nitrogens with one attached hydrogen (secondary N) is 1. The number of nitrogens with zero attached hydrogens (tertiary/aromatic N) is 1. The van der Waals surface area contributed by atoms with E-state index in [1.54, 1.807) is 6.07 Å². The smallest absolute Gasteiger partial charge is 0.251 e. The van der Waals surface area contributed by atoms with Gasteiger partial charge < -0.3 is 10.2 Å². The number of piperidine rings is 1. The first-order valence-electron chi connectivity index (χ1n) is 8.08. The highest BCUT2D eigenvalue weighted by Gasteiger charge is 2.24. The minimum Gasteiger partial charge on any atom is -0.352 e. The second-order valence-electron chi connectivity index (χ2n) is 6.62. The van der Waals surface area contributed by atoms with E-state index in [4.69, 9.17) is 0 Å². The van der Waals surface area contributed by atoms with Gasteiger partial charge in [0.15, 0.2) is 0 Å². The summed E-state index contributed by atoms with van der Waals surface area (Å²) in [5.74, 6) is 1.16. The largest absolute Gasteiger partial charge is 0.352 e. The Morgan fingerprint density at radius 3 is 2.55 bits per heavy atom. The fraction of sp³-hybridized carbons (Fsp3) is 0.556. The van der Waals surface area contributed by atoms with Crippen LogP contribution in [0.15, 0.2) is 24.3 Å². The normalized spacial score (nSPS) is 21.5. The number of amides is 2. The van der Waals surface area contributed by atoms with Gasteiger partial charge in [0.2, 0.25) is 5.91 Å². The van der Waals surface area contributed by atoms with Crippen LogP contribution in [0.1, 0.15) is 42.6 Å². The van der Waals surface area contributed by atoms with E-state index in [-0.39, 0.29) is 11.8 Å². The lowest BCUT2D eigenvalue weighted by molar-refractivity contribution is -0.133. The van der Waals surface area contributed by atoms with E-state index < -0.39 is 0 Å². The Bertz CT molecular complexity index is 532. The zero-order chi connectivity index (χ0) is 16.1. The molecule has 4 heteroatoms. The predicted molar refractivity (Wildman–Crippen MR) is 87.7 cm³/mol. The van der Waals surface area contributed by atoms with Crippen molar-refractivity contribution < 1.29 is 9.59 Å². The van der Waals surface area contributed by atoms with Gasteiger partial charge in [0.05, 0.1) is 0 Å². The van der Waals surface area contributed by atoms with Crippen LogP contribution in [0.3, 0.4) is 0 Å². The molecule has 1 N–H and O–H groups in total. The highest BCUT2D eigenvalue weighted by Crippen LogP contribution is 2.21. The molecule has 2 unspecified atom stereocenters. The molecule has 0 aromatic heterocycles. The predicted octanol–water partition coefficient (Wildman–Crippen LogP) is 2.62. The van der Waals surface area contributed by atoms with Crippen LogP contribution >= 0.6 is 0 Å². The molecule has 1 aromatic carbocycles. The van der Waals surface area contributed by atoms with Crippen LogP contribution in [-0.2, 0) is 4.79 Å². The minimum absolute atomic E-state index is 0.114. The van der Waals surface area contributed by atoms with E-state index in [2.05, 4.69) is 19.2 Å². The van der Waals surface area contributed by atoms with Crippen LogP contribution in [0.4, 0.5) is 0 Å². The Kier molecular flexibility index (Phi) is 5.58. The van der Waals surface area contributed by atoms with Gasteiger partial charge >= 0.3 is 0 Å². The van der Waals surface area contributed by atoms with Crippen LogP contribution in [0.5, 0.6) is 0 Å². The molecule has 4 nitrogen and oxygen atoms in total. The Balaban J connectivity index is 1.78. The van der Waals surface area contributed by atoms with Crippen molar-refractivity contribution in [2.75, 3.05) is 19.6 Å². The summed E-state index contributed by atoms with van der Waals surface area (Å²) < 4.78 is 0. The molecule has 1 heterocycles. The number of carbonyl (C=O) groups excluding carboxylic acids is 2. The van der Waals surface area contributed by atoms with Gasteiger partial charge in [-0.15, -0.1) is 0 Å². The van der Waals surface area contributed by atoms with Gasteiger partial charge in [0.25, 0.3) is 5.91 Å². The van der Waals surface area contributed by atoms with Crippen molar-refractivity contribution >= 4 is 11.8 Å². The van der Waals surface area contributed by atoms with Gasteiger partial charge in [-0.25, -0.2) is 0 Å². The van der Waals surface area contributed by atoms with Crippen molar-refractivity contribution in [2.24, 2.45) is 11.8 Å². The van der Waals surface area contributed by atoms with Crippen LogP contribution < -0.4 is 5.32 Å². The Morgan fingerprint density at radius 2 is 1.91 bits per heavy atom. The first-order valence-corrected chi connectivity index (χ1v) is 8.08. The maximum absolute atomic E-state index is 12.2. The molecule has 0 spiro atoms. The zero-order valence-corrected chi connectivity index (χ0v) is 13.8. The average molecular weight is 302 g/mol. The van der Waals surface area contributed by atoms with Crippen LogP contribution in [-0.4, -0.2) is 36.3 Å². The van der Waals surface area contributed by atoms with Crippen molar-refractivity contribution in [2.45, 2.75) is 33.6 Å². The average Bonchev–Trinajstić information content (AvgIpc) is 2.46. The third-order valence-corrected chi connectivity index (χ3v) is 4.13. The van der Waals surface area contributed by atoms with E-state index >= 15 is 0 Å². The topological polar surface area (TPSA) is 49.4 Å². The lowest BCUT2D eigenvalue weighted by Gasteiger charge is -2.35. The summed E-state index contributed by atoms with van der Waals surface area (Å²) in [5, 5.41) is 2.83. The highest BCUT2D eigenvalue weighted by atomic mass is 16.2. The number of rotatable bonds is 4. The van der Waals surface area contributed by atoms with Gasteiger partial charge in [0, 0.05) is 31.6 Å². The van der Waals surface area contributed by atoms with Crippen molar-refractivity contribution in [3.05, 3.63) is 35.4 Å². The molecular formula is C18H26N2O2. The van der Waals surface area contributed by atoms with E-state index in [1.165, 1.54) is 6.42 Å². The first-order chi connectivity index (χ1) is 10.5. The fourth-order valence-electron chi connectivity index (χ4n) is 3.20. The molecule has 0 saturated carbocycles. The Morgan fingerprint density at radius 1 is 1.23 bits per heavy atom. The lowest BCUT2D eigenvalue weighted by Crippen LogP contribution is -2.43. The fourth-order valence-corrected chi connectivity index (χ4v) is 3.20. The molecule has 2 amide bonds. The van der Waals surface area contributed by atoms with Crippen molar-refractivity contribution in [1.82, 2.24) is 10.2 Å². The summed E-state index contributed by atoms with van der Waals surface area (Å²) in [6.45, 7) is 8.42. The molecule has 1 aromatic rings. The third-order valence-electron chi connectivity index (χ3n) is 4.13. The summed E-state index contributed by atoms with van der Waals surface area (Å²) in [4.78, 5) is 26.2. The molecule has 1 saturated heterocycles. The van der Waals surface area contributed by atoms with Crippen molar-refractivity contribution in [3.63, 3.8) is 0 Å². The summed E-state index contributed by atoms with van der Waals surface area (Å²) >= 11 is 0. The number of likely N-dealkylation sites (tertiary alicyclic amines) is 1. The summed E-state index contributed by atoms with van der Waals surface area (Å²) in [5.41, 5.74) is 1.70. The number of benzene rings is 1. The third kappa shape index (κ3) is 4.58. The van der Waals surface area contributed by atoms with Gasteiger partial charge in [-0.2, -0.15) is 0 Å². The minimum atomic E-state index is -0.114. The SMILES string of the molecule is Cc1cccc(C(=O)NCCC(=O)N2CC(C)CC(C)C2)c1. The van der Waals surface area contributed by atoms with Gasteiger partial charge in [-0.3, -0.25) is 9.59 Å². The summed E-state index contributed by atoms with van der Waals surface area (Å²) in [7, 11) is 0. The molecule has 0 bridgehead atoms. The monoisotopic (exact) mass is 302 g/mol. The highest BCUT2D eigenvalue weighted by molar-refractivity contribution is 5.94. The molecule has 22 heavy (non-hydrogen) atoms. The number of hydrogen-bond acceptors (Lipinski definition) is 2. The second kappa shape index (κ2) is 7.43. The molecule has 2 rings (SSSR count). The zero-order valence-electron chi connectivity index (χ0n) is 13.8. The van der Waals surface area contributed by atoms with Crippen molar-refractivity contribution in [1.29, 1.82) is 0 Å². The molecule has 0 radical (unpaired) electrons. The van der Waals surface area contributed by atoms with Gasteiger partial charge in [-0.05, 0) is 37.3 Å². The standard InChI is InChI=1S/C18H26N2O2/c1-13-5-4-6-16(10-13)18(22)19-8-7-17(21)20-11-14(2)9-15(3)12-20/h4-6,10,14-15H,7-9,11-12H2,1-3H3,(H,19,22). The molecule has 1 aliphatic heterocycles. The van der Waals surface area contributed by atoms with Crippen LogP contribution in [0.2, 0.25) is 0 Å². The maximum Gasteiger partial charge on any atom is 0.251 e. The molecule has 0 aliphatic carbocycles. The van der Waals surface area contributed by atoms with E-state index in [0.29, 0.717) is 30.4 Å². The Labute approximate surface area is 132 Å². The second-order valence-corrected chi connectivity index (χ2v) is 6.62. The van der Waals surface area contributed by atoms with Gasteiger partial charge in [0.1, 0.15) is 0 Å². The Hall–Kier alpha value is -1.84. The molecule has 1 aliphatic rings. The molecule has 120 valence electrons. The van der Waals surface area contributed by atoms with Gasteiger partial charge in [-0.1, -0.05) is 31.5 Å². The summed E-state index contributed by atoms with van der Waals surface area (Å²) in [6.07, 6.45) is 1.56. The maximum atomic E-state index is 12.2. The first kappa shape index (κ1) is 16.5. The summed E-state index contributed by atoms with van der Waals surface area (Å²) in [6, 6.07) is 7.47. The van der Waals surface area contributed by atoms with E-state index in [0.717, 1.165) is 18.7 Å². The van der Waals surface area contributed by atoms with Crippen LogP contribution in [0.25, 0.3) is 0 Å². The molecule has 1 fully saturated rings. The number of carbonyl (C=O) groups is 2. The number of hydrogen-bond donors (Lipinski definition) is 1. The van der Waals surface area contributed by atoms with E-state index in [1.807, 2.05) is 30.0 Å².